The molecule has 0 spiro atoms. The molecule has 0 aliphatic carbocycles. The van der Waals surface area contributed by atoms with Gasteiger partial charge in [0.05, 0.1) is 6.61 Å². The van der Waals surface area contributed by atoms with Gasteiger partial charge in [0.25, 0.3) is 0 Å². The summed E-state index contributed by atoms with van der Waals surface area (Å²) < 4.78 is 9.93. The van der Waals surface area contributed by atoms with Crippen molar-refractivity contribution in [2.24, 2.45) is 5.73 Å². The van der Waals surface area contributed by atoms with E-state index in [1.54, 1.807) is 6.92 Å². The molecule has 0 amide bonds. The summed E-state index contributed by atoms with van der Waals surface area (Å²) in [4.78, 5) is 0. The minimum Gasteiger partial charge on any atom is -0.381 e. The molecule has 0 fully saturated rings. The average Bonchev–Trinajstić information content (AvgIpc) is 1.98. The monoisotopic (exact) mass is 176 g/mol. The fraction of sp³-hybridized carbons (Fsp3) is 0.875. The summed E-state index contributed by atoms with van der Waals surface area (Å²) in [5.74, 6) is -1.55. The molecule has 0 heterocycles. The van der Waals surface area contributed by atoms with Gasteiger partial charge in [-0.15, -0.1) is 0 Å². The van der Waals surface area contributed by atoms with Crippen LogP contribution in [0.2, 0.25) is 0 Å². The van der Waals surface area contributed by atoms with Crippen LogP contribution in [0.25, 0.3) is 0 Å². The predicted octanol–water partition coefficient (Wildman–Crippen LogP) is 0.259. The molecule has 1 atom stereocenters. The second-order valence-corrected chi connectivity index (χ2v) is 2.49. The van der Waals surface area contributed by atoms with Crippen molar-refractivity contribution in [3.8, 4) is 0 Å². The van der Waals surface area contributed by atoms with E-state index in [9.17, 15) is 5.11 Å². The van der Waals surface area contributed by atoms with E-state index < -0.39 is 5.91 Å². The molecule has 4 heteroatoms. The maximum atomic E-state index is 9.27. The van der Waals surface area contributed by atoms with E-state index in [-0.39, 0.29) is 6.42 Å². The molecular weight excluding hydrogens is 158 g/mol. The predicted molar refractivity (Wildman–Crippen MR) is 46.2 cm³/mol. The number of hydrogen-bond acceptors (Lipinski definition) is 4. The van der Waals surface area contributed by atoms with Crippen molar-refractivity contribution in [3.63, 3.8) is 0 Å². The lowest BCUT2D eigenvalue weighted by atomic mass is 10.3. The lowest BCUT2D eigenvalue weighted by molar-refractivity contribution is -0.206. The molecule has 3 N–H and O–H groups in total. The topological polar surface area (TPSA) is 64.7 Å². The number of aliphatic hydroxyl groups is 1. The zero-order chi connectivity index (χ0) is 9.45. The van der Waals surface area contributed by atoms with Crippen LogP contribution in [0, 0.1) is 6.92 Å². The number of hydrogen-bond donors (Lipinski definition) is 2. The average molecular weight is 176 g/mol. The Hall–Kier alpha value is -0.160. The molecule has 1 radical (unpaired) electrons. The van der Waals surface area contributed by atoms with Gasteiger partial charge in [-0.1, -0.05) is 6.92 Å². The van der Waals surface area contributed by atoms with Crippen molar-refractivity contribution in [3.05, 3.63) is 6.92 Å². The van der Waals surface area contributed by atoms with Crippen LogP contribution in [0.15, 0.2) is 0 Å². The smallest absolute Gasteiger partial charge is 0.224 e. The molecule has 73 valence electrons. The van der Waals surface area contributed by atoms with Gasteiger partial charge in [-0.05, 0) is 13.3 Å². The summed E-state index contributed by atoms with van der Waals surface area (Å²) in [6.45, 7) is 6.75. The Labute approximate surface area is 73.7 Å². The van der Waals surface area contributed by atoms with Crippen molar-refractivity contribution in [1.29, 1.82) is 0 Å². The highest BCUT2D eigenvalue weighted by Crippen LogP contribution is 2.03. The molecule has 0 aromatic heterocycles. The van der Waals surface area contributed by atoms with E-state index in [2.05, 4.69) is 6.92 Å². The van der Waals surface area contributed by atoms with Crippen LogP contribution in [0.1, 0.15) is 19.8 Å². The Morgan fingerprint density at radius 1 is 1.50 bits per heavy atom. The van der Waals surface area contributed by atoms with E-state index in [0.29, 0.717) is 19.8 Å². The van der Waals surface area contributed by atoms with Crippen LogP contribution in [-0.2, 0) is 9.47 Å². The van der Waals surface area contributed by atoms with Crippen molar-refractivity contribution >= 4 is 0 Å². The minimum absolute atomic E-state index is 0.279. The zero-order valence-corrected chi connectivity index (χ0v) is 7.58. The highest BCUT2D eigenvalue weighted by molar-refractivity contribution is 4.56. The Bertz CT molecular complexity index is 106. The van der Waals surface area contributed by atoms with Crippen molar-refractivity contribution < 1.29 is 14.6 Å². The summed E-state index contributed by atoms with van der Waals surface area (Å²) in [6.07, 6.45) is 0.998. The molecule has 0 aromatic rings. The molecule has 1 unspecified atom stereocenters. The number of rotatable bonds is 7. The van der Waals surface area contributed by atoms with Crippen molar-refractivity contribution in [1.82, 2.24) is 0 Å². The summed E-state index contributed by atoms with van der Waals surface area (Å²) in [5.41, 5.74) is 5.35. The number of ether oxygens (including phenoxy) is 2. The third-order valence-electron chi connectivity index (χ3n) is 1.29. The molecule has 0 rings (SSSR count). The Balaban J connectivity index is 3.33. The normalized spacial score (nSPS) is 16.0. The van der Waals surface area contributed by atoms with Crippen LogP contribution in [0.4, 0.5) is 0 Å². The van der Waals surface area contributed by atoms with Crippen molar-refractivity contribution in [2.45, 2.75) is 25.7 Å². The van der Waals surface area contributed by atoms with Gasteiger partial charge < -0.3 is 14.6 Å². The van der Waals surface area contributed by atoms with Gasteiger partial charge >= 0.3 is 0 Å². The van der Waals surface area contributed by atoms with E-state index in [1.807, 2.05) is 0 Å². The summed E-state index contributed by atoms with van der Waals surface area (Å²) >= 11 is 0. The summed E-state index contributed by atoms with van der Waals surface area (Å²) in [6, 6.07) is 0. The molecule has 0 aliphatic rings. The van der Waals surface area contributed by atoms with Gasteiger partial charge in [-0.3, -0.25) is 5.73 Å². The van der Waals surface area contributed by atoms with Crippen LogP contribution >= 0.6 is 0 Å². The van der Waals surface area contributed by atoms with Gasteiger partial charge in [0.2, 0.25) is 5.91 Å². The van der Waals surface area contributed by atoms with Crippen LogP contribution < -0.4 is 5.73 Å². The first-order valence-corrected chi connectivity index (χ1v) is 4.14. The highest BCUT2D eigenvalue weighted by Gasteiger charge is 2.19. The Kier molecular flexibility index (Phi) is 6.28. The van der Waals surface area contributed by atoms with Crippen LogP contribution in [-0.4, -0.2) is 30.8 Å². The van der Waals surface area contributed by atoms with Gasteiger partial charge in [0.1, 0.15) is 0 Å². The van der Waals surface area contributed by atoms with E-state index in [4.69, 9.17) is 15.2 Å². The van der Waals surface area contributed by atoms with Crippen LogP contribution in [0.3, 0.4) is 0 Å². The minimum atomic E-state index is -1.55. The van der Waals surface area contributed by atoms with Gasteiger partial charge in [0, 0.05) is 19.6 Å². The largest absolute Gasteiger partial charge is 0.381 e. The van der Waals surface area contributed by atoms with Gasteiger partial charge in [-0.2, -0.15) is 0 Å². The lowest BCUT2D eigenvalue weighted by Gasteiger charge is -2.22. The van der Waals surface area contributed by atoms with Crippen molar-refractivity contribution in [2.75, 3.05) is 19.8 Å². The maximum absolute atomic E-state index is 9.27. The molecule has 4 nitrogen and oxygen atoms in total. The Morgan fingerprint density at radius 3 is 2.67 bits per heavy atom. The second kappa shape index (κ2) is 6.37. The molecule has 0 aromatic carbocycles. The lowest BCUT2D eigenvalue weighted by Crippen LogP contribution is -2.43. The molecule has 0 aliphatic heterocycles. The summed E-state index contributed by atoms with van der Waals surface area (Å²) in [7, 11) is 0. The first-order chi connectivity index (χ1) is 5.62. The van der Waals surface area contributed by atoms with Gasteiger partial charge in [0.15, 0.2) is 0 Å². The van der Waals surface area contributed by atoms with E-state index in [1.165, 1.54) is 0 Å². The highest BCUT2D eigenvalue weighted by atomic mass is 16.6. The third-order valence-corrected chi connectivity index (χ3v) is 1.29. The Morgan fingerprint density at radius 2 is 2.17 bits per heavy atom. The van der Waals surface area contributed by atoms with E-state index >= 15 is 0 Å². The zero-order valence-electron chi connectivity index (χ0n) is 7.58. The molecule has 0 saturated heterocycles. The molecular formula is C8H18NO3. The summed E-state index contributed by atoms with van der Waals surface area (Å²) in [5, 5.41) is 9.27. The SMILES string of the molecule is [CH2]CCOCCC(N)(O)OCC. The first-order valence-electron chi connectivity index (χ1n) is 4.14. The standard InChI is InChI=1S/C8H18NO3/c1-3-6-11-7-5-8(9,10)12-4-2/h10H,1,3-7,9H2,2H3. The quantitative estimate of drug-likeness (QED) is 0.431. The van der Waals surface area contributed by atoms with E-state index in [0.717, 1.165) is 6.42 Å². The van der Waals surface area contributed by atoms with Gasteiger partial charge in [-0.25, -0.2) is 0 Å². The number of nitrogens with two attached hydrogens (primary N) is 1. The molecule has 12 heavy (non-hydrogen) atoms. The third kappa shape index (κ3) is 6.54. The molecule has 0 bridgehead atoms. The maximum Gasteiger partial charge on any atom is 0.224 e. The van der Waals surface area contributed by atoms with Crippen LogP contribution in [0.5, 0.6) is 0 Å². The second-order valence-electron chi connectivity index (χ2n) is 2.49. The molecule has 0 saturated carbocycles. The fourth-order valence-electron chi connectivity index (χ4n) is 0.745. The first kappa shape index (κ1) is 11.8. The fourth-order valence-corrected chi connectivity index (χ4v) is 0.745.